The molecule has 1 aliphatic heterocycles. The van der Waals surface area contributed by atoms with E-state index < -0.39 is 11.8 Å². The highest BCUT2D eigenvalue weighted by molar-refractivity contribution is 6.34. The molecule has 0 aromatic heterocycles. The van der Waals surface area contributed by atoms with Crippen LogP contribution in [0.1, 0.15) is 51.4 Å². The maximum absolute atomic E-state index is 11.5. The molecule has 0 spiro atoms. The SMILES string of the molecule is NC(=O)C(=O)N1CCCCCCCCCC1. The van der Waals surface area contributed by atoms with E-state index in [1.54, 1.807) is 4.90 Å². The van der Waals surface area contributed by atoms with Crippen LogP contribution < -0.4 is 5.73 Å². The summed E-state index contributed by atoms with van der Waals surface area (Å²) in [5, 5.41) is 0. The second-order valence-corrected chi connectivity index (χ2v) is 4.48. The number of rotatable bonds is 0. The third kappa shape index (κ3) is 4.64. The van der Waals surface area contributed by atoms with Gasteiger partial charge in [-0.15, -0.1) is 0 Å². The second kappa shape index (κ2) is 7.25. The van der Waals surface area contributed by atoms with Gasteiger partial charge in [-0.3, -0.25) is 9.59 Å². The number of amides is 2. The van der Waals surface area contributed by atoms with Gasteiger partial charge in [0.05, 0.1) is 0 Å². The van der Waals surface area contributed by atoms with Gasteiger partial charge in [0, 0.05) is 13.1 Å². The van der Waals surface area contributed by atoms with Crippen LogP contribution in [0, 0.1) is 0 Å². The number of hydrogen-bond acceptors (Lipinski definition) is 2. The van der Waals surface area contributed by atoms with Gasteiger partial charge in [-0.25, -0.2) is 0 Å². The third-order valence-electron chi connectivity index (χ3n) is 3.10. The Balaban J connectivity index is 2.45. The fraction of sp³-hybridized carbons (Fsp3) is 0.833. The predicted molar refractivity (Wildman–Crippen MR) is 62.7 cm³/mol. The van der Waals surface area contributed by atoms with E-state index in [0.717, 1.165) is 25.7 Å². The molecule has 16 heavy (non-hydrogen) atoms. The predicted octanol–water partition coefficient (Wildman–Crippen LogP) is 1.43. The summed E-state index contributed by atoms with van der Waals surface area (Å²) in [5.74, 6) is -1.34. The van der Waals surface area contributed by atoms with Crippen molar-refractivity contribution in [2.75, 3.05) is 13.1 Å². The van der Waals surface area contributed by atoms with E-state index >= 15 is 0 Å². The van der Waals surface area contributed by atoms with Crippen molar-refractivity contribution in [1.82, 2.24) is 4.90 Å². The Morgan fingerprint density at radius 2 is 1.12 bits per heavy atom. The van der Waals surface area contributed by atoms with Gasteiger partial charge >= 0.3 is 11.8 Å². The summed E-state index contributed by atoms with van der Waals surface area (Å²) in [6.07, 6.45) is 9.31. The number of hydrogen-bond donors (Lipinski definition) is 1. The lowest BCUT2D eigenvalue weighted by molar-refractivity contribution is -0.144. The highest BCUT2D eigenvalue weighted by Crippen LogP contribution is 2.12. The van der Waals surface area contributed by atoms with Crippen LogP contribution in [0.4, 0.5) is 0 Å². The first-order valence-corrected chi connectivity index (χ1v) is 6.30. The lowest BCUT2D eigenvalue weighted by atomic mass is 10.1. The van der Waals surface area contributed by atoms with Crippen molar-refractivity contribution in [3.63, 3.8) is 0 Å². The molecular formula is C12H22N2O2. The minimum Gasteiger partial charge on any atom is -0.361 e. The molecule has 1 aliphatic rings. The molecule has 0 aliphatic carbocycles. The molecular weight excluding hydrogens is 204 g/mol. The van der Waals surface area contributed by atoms with E-state index in [4.69, 9.17) is 5.73 Å². The van der Waals surface area contributed by atoms with Crippen molar-refractivity contribution in [3.8, 4) is 0 Å². The summed E-state index contributed by atoms with van der Waals surface area (Å²) in [6, 6.07) is 0. The van der Waals surface area contributed by atoms with Crippen molar-refractivity contribution in [2.45, 2.75) is 51.4 Å². The Kier molecular flexibility index (Phi) is 5.90. The molecule has 92 valence electrons. The monoisotopic (exact) mass is 226 g/mol. The zero-order chi connectivity index (χ0) is 11.8. The molecule has 4 nitrogen and oxygen atoms in total. The first-order chi connectivity index (χ1) is 7.72. The summed E-state index contributed by atoms with van der Waals surface area (Å²) in [7, 11) is 0. The lowest BCUT2D eigenvalue weighted by Gasteiger charge is -2.20. The van der Waals surface area contributed by atoms with Crippen LogP contribution in [0.15, 0.2) is 0 Å². The van der Waals surface area contributed by atoms with E-state index in [0.29, 0.717) is 13.1 Å². The quantitative estimate of drug-likeness (QED) is 0.635. The van der Waals surface area contributed by atoms with Gasteiger partial charge in [0.15, 0.2) is 0 Å². The summed E-state index contributed by atoms with van der Waals surface area (Å²) >= 11 is 0. The van der Waals surface area contributed by atoms with Gasteiger partial charge < -0.3 is 10.6 Å². The van der Waals surface area contributed by atoms with Crippen molar-refractivity contribution in [1.29, 1.82) is 0 Å². The normalized spacial score (nSPS) is 19.9. The minimum atomic E-state index is -0.824. The number of primary amides is 1. The fourth-order valence-corrected chi connectivity index (χ4v) is 2.14. The molecule has 0 bridgehead atoms. The smallest absolute Gasteiger partial charge is 0.311 e. The fourth-order valence-electron chi connectivity index (χ4n) is 2.14. The van der Waals surface area contributed by atoms with Crippen LogP contribution in [-0.2, 0) is 9.59 Å². The maximum atomic E-state index is 11.5. The largest absolute Gasteiger partial charge is 0.361 e. The van der Waals surface area contributed by atoms with Crippen LogP contribution in [0.2, 0.25) is 0 Å². The summed E-state index contributed by atoms with van der Waals surface area (Å²) in [6.45, 7) is 1.36. The van der Waals surface area contributed by atoms with Crippen molar-refractivity contribution >= 4 is 11.8 Å². The van der Waals surface area contributed by atoms with E-state index in [-0.39, 0.29) is 0 Å². The van der Waals surface area contributed by atoms with Crippen LogP contribution in [0.25, 0.3) is 0 Å². The van der Waals surface area contributed by atoms with E-state index in [1.165, 1.54) is 25.7 Å². The molecule has 0 radical (unpaired) electrons. The van der Waals surface area contributed by atoms with Crippen LogP contribution in [0.5, 0.6) is 0 Å². The van der Waals surface area contributed by atoms with Gasteiger partial charge in [-0.2, -0.15) is 0 Å². The number of carbonyl (C=O) groups is 2. The molecule has 1 fully saturated rings. The molecule has 1 saturated heterocycles. The molecule has 1 heterocycles. The molecule has 0 atom stereocenters. The molecule has 2 amide bonds. The van der Waals surface area contributed by atoms with E-state index in [1.807, 2.05) is 0 Å². The Hall–Kier alpha value is -1.06. The average molecular weight is 226 g/mol. The van der Waals surface area contributed by atoms with Crippen LogP contribution in [-0.4, -0.2) is 29.8 Å². The maximum Gasteiger partial charge on any atom is 0.311 e. The Morgan fingerprint density at radius 3 is 1.50 bits per heavy atom. The Labute approximate surface area is 97.2 Å². The van der Waals surface area contributed by atoms with Gasteiger partial charge in [0.1, 0.15) is 0 Å². The van der Waals surface area contributed by atoms with E-state index in [2.05, 4.69) is 0 Å². The van der Waals surface area contributed by atoms with Gasteiger partial charge in [-0.1, -0.05) is 38.5 Å². The van der Waals surface area contributed by atoms with E-state index in [9.17, 15) is 9.59 Å². The standard InChI is InChI=1S/C12H22N2O2/c13-11(15)12(16)14-9-7-5-3-1-2-4-6-8-10-14/h1-10H2,(H2,13,15). The molecule has 0 unspecified atom stereocenters. The number of carbonyl (C=O) groups excluding carboxylic acids is 2. The number of nitrogens with zero attached hydrogens (tertiary/aromatic N) is 1. The van der Waals surface area contributed by atoms with Gasteiger partial charge in [0.2, 0.25) is 0 Å². The molecule has 0 aromatic carbocycles. The highest BCUT2D eigenvalue weighted by Gasteiger charge is 2.18. The highest BCUT2D eigenvalue weighted by atomic mass is 16.2. The Morgan fingerprint density at radius 1 is 0.750 bits per heavy atom. The summed E-state index contributed by atoms with van der Waals surface area (Å²) in [4.78, 5) is 24.0. The van der Waals surface area contributed by atoms with Crippen LogP contribution in [0.3, 0.4) is 0 Å². The first-order valence-electron chi connectivity index (χ1n) is 6.30. The Bertz CT molecular complexity index is 229. The zero-order valence-corrected chi connectivity index (χ0v) is 9.91. The molecule has 1 rings (SSSR count). The topological polar surface area (TPSA) is 63.4 Å². The molecule has 0 saturated carbocycles. The van der Waals surface area contributed by atoms with Crippen molar-refractivity contribution in [2.24, 2.45) is 5.73 Å². The van der Waals surface area contributed by atoms with Crippen molar-refractivity contribution in [3.05, 3.63) is 0 Å². The zero-order valence-electron chi connectivity index (χ0n) is 9.91. The average Bonchev–Trinajstić information content (AvgIpc) is 2.32. The molecule has 4 heteroatoms. The second-order valence-electron chi connectivity index (χ2n) is 4.48. The molecule has 0 aromatic rings. The van der Waals surface area contributed by atoms with Crippen LogP contribution >= 0.6 is 0 Å². The molecule has 2 N–H and O–H groups in total. The third-order valence-corrected chi connectivity index (χ3v) is 3.10. The van der Waals surface area contributed by atoms with Gasteiger partial charge in [-0.05, 0) is 12.8 Å². The minimum absolute atomic E-state index is 0.515. The first kappa shape index (κ1) is 13.0. The van der Waals surface area contributed by atoms with Crippen molar-refractivity contribution < 1.29 is 9.59 Å². The lowest BCUT2D eigenvalue weighted by Crippen LogP contribution is -2.41. The van der Waals surface area contributed by atoms with Gasteiger partial charge in [0.25, 0.3) is 0 Å². The summed E-state index contributed by atoms with van der Waals surface area (Å²) in [5.41, 5.74) is 5.03. The summed E-state index contributed by atoms with van der Waals surface area (Å²) < 4.78 is 0. The number of nitrogens with two attached hydrogens (primary N) is 1.